The zero-order valence-corrected chi connectivity index (χ0v) is 15.2. The lowest BCUT2D eigenvalue weighted by Crippen LogP contribution is -2.42. The number of methoxy groups -OCH3 is 1. The maximum Gasteiger partial charge on any atom is 0.266 e. The normalized spacial score (nSPS) is 20.9. The van der Waals surface area contributed by atoms with E-state index in [2.05, 4.69) is 4.90 Å². The van der Waals surface area contributed by atoms with E-state index in [0.29, 0.717) is 15.8 Å². The summed E-state index contributed by atoms with van der Waals surface area (Å²) in [5, 5.41) is 0. The Kier molecular flexibility index (Phi) is 5.89. The van der Waals surface area contributed by atoms with Gasteiger partial charge in [0.1, 0.15) is 10.1 Å². The van der Waals surface area contributed by atoms with Gasteiger partial charge >= 0.3 is 0 Å². The highest BCUT2D eigenvalue weighted by Crippen LogP contribution is 2.32. The Morgan fingerprint density at radius 1 is 1.33 bits per heavy atom. The number of rotatable bonds is 5. The molecule has 0 radical (unpaired) electrons. The molecule has 0 spiro atoms. The summed E-state index contributed by atoms with van der Waals surface area (Å²) in [7, 11) is 1.63. The molecule has 2 saturated heterocycles. The second-order valence-electron chi connectivity index (χ2n) is 5.56. The van der Waals surface area contributed by atoms with Crippen molar-refractivity contribution in [3.63, 3.8) is 0 Å². The first-order valence-corrected chi connectivity index (χ1v) is 9.09. The highest BCUT2D eigenvalue weighted by molar-refractivity contribution is 8.26. The molecule has 0 bridgehead atoms. The first kappa shape index (κ1) is 17.4. The van der Waals surface area contributed by atoms with Crippen molar-refractivity contribution in [1.82, 2.24) is 9.80 Å². The molecule has 3 rings (SSSR count). The number of thioether (sulfide) groups is 1. The highest BCUT2D eigenvalue weighted by Gasteiger charge is 2.32. The Hall–Kier alpha value is -1.41. The number of carbonyl (C=O) groups excluding carboxylic acids is 1. The summed E-state index contributed by atoms with van der Waals surface area (Å²) in [6, 6.07) is 7.64. The molecule has 1 aromatic rings. The second kappa shape index (κ2) is 8.11. The lowest BCUT2D eigenvalue weighted by Gasteiger charge is -2.28. The van der Waals surface area contributed by atoms with Gasteiger partial charge in [-0.05, 0) is 23.8 Å². The molecule has 0 atom stereocenters. The number of hydrogen-bond acceptors (Lipinski definition) is 6. The number of nitrogens with zero attached hydrogens (tertiary/aromatic N) is 2. The van der Waals surface area contributed by atoms with Gasteiger partial charge in [-0.2, -0.15) is 0 Å². The minimum Gasteiger partial charge on any atom is -0.497 e. The van der Waals surface area contributed by atoms with Crippen LogP contribution >= 0.6 is 24.0 Å². The summed E-state index contributed by atoms with van der Waals surface area (Å²) in [5.41, 5.74) is 0.933. The molecule has 2 aliphatic heterocycles. The SMILES string of the molecule is COc1cccc(/C=C2\SC(=S)N(CCN3CCOCC3)C2=O)c1. The third kappa shape index (κ3) is 4.16. The number of carbonyl (C=O) groups is 1. The van der Waals surface area contributed by atoms with Gasteiger partial charge in [-0.3, -0.25) is 14.6 Å². The molecule has 128 valence electrons. The average molecular weight is 364 g/mol. The van der Waals surface area contributed by atoms with Crippen molar-refractivity contribution >= 4 is 40.3 Å². The van der Waals surface area contributed by atoms with Crippen molar-refractivity contribution in [2.24, 2.45) is 0 Å². The number of thiocarbonyl (C=S) groups is 1. The fourth-order valence-electron chi connectivity index (χ4n) is 2.64. The van der Waals surface area contributed by atoms with E-state index in [1.54, 1.807) is 12.0 Å². The molecule has 0 unspecified atom stereocenters. The molecular weight excluding hydrogens is 344 g/mol. The molecule has 2 heterocycles. The quantitative estimate of drug-likeness (QED) is 0.590. The standard InChI is InChI=1S/C17H20N2O3S2/c1-21-14-4-2-3-13(11-14)12-15-16(20)19(17(23)24-15)6-5-18-7-9-22-10-8-18/h2-4,11-12H,5-10H2,1H3/b15-12-. The third-order valence-corrected chi connectivity index (χ3v) is 5.39. The lowest BCUT2D eigenvalue weighted by molar-refractivity contribution is -0.122. The van der Waals surface area contributed by atoms with Gasteiger partial charge in [0.25, 0.3) is 5.91 Å². The van der Waals surface area contributed by atoms with E-state index >= 15 is 0 Å². The van der Waals surface area contributed by atoms with Gasteiger partial charge in [0.15, 0.2) is 0 Å². The van der Waals surface area contributed by atoms with Crippen molar-refractivity contribution in [2.75, 3.05) is 46.5 Å². The molecule has 2 aliphatic rings. The van der Waals surface area contributed by atoms with Gasteiger partial charge in [0, 0.05) is 26.2 Å². The van der Waals surface area contributed by atoms with Crippen molar-refractivity contribution in [2.45, 2.75) is 0 Å². The molecule has 0 saturated carbocycles. The number of morpholine rings is 1. The molecular formula is C17H20N2O3S2. The highest BCUT2D eigenvalue weighted by atomic mass is 32.2. The monoisotopic (exact) mass is 364 g/mol. The Morgan fingerprint density at radius 3 is 2.88 bits per heavy atom. The summed E-state index contributed by atoms with van der Waals surface area (Å²) in [6.07, 6.45) is 1.87. The zero-order valence-electron chi connectivity index (χ0n) is 13.6. The first-order chi connectivity index (χ1) is 11.7. The number of ether oxygens (including phenoxy) is 2. The van der Waals surface area contributed by atoms with Crippen LogP contribution in [0.15, 0.2) is 29.2 Å². The van der Waals surface area contributed by atoms with Crippen LogP contribution in [0.5, 0.6) is 5.75 Å². The van der Waals surface area contributed by atoms with Crippen molar-refractivity contribution in [1.29, 1.82) is 0 Å². The van der Waals surface area contributed by atoms with Crippen molar-refractivity contribution in [3.8, 4) is 5.75 Å². The second-order valence-corrected chi connectivity index (χ2v) is 7.24. The number of amides is 1. The molecule has 5 nitrogen and oxygen atoms in total. The Balaban J connectivity index is 1.65. The van der Waals surface area contributed by atoms with Crippen LogP contribution in [-0.4, -0.2) is 66.5 Å². The van der Waals surface area contributed by atoms with Crippen LogP contribution < -0.4 is 4.74 Å². The number of hydrogen-bond donors (Lipinski definition) is 0. The molecule has 0 aliphatic carbocycles. The van der Waals surface area contributed by atoms with Crippen LogP contribution in [0, 0.1) is 0 Å². The van der Waals surface area contributed by atoms with Gasteiger partial charge in [0.2, 0.25) is 0 Å². The molecule has 24 heavy (non-hydrogen) atoms. The van der Waals surface area contributed by atoms with Crippen LogP contribution in [0.25, 0.3) is 6.08 Å². The minimum absolute atomic E-state index is 0.0129. The van der Waals surface area contributed by atoms with Crippen LogP contribution in [0.4, 0.5) is 0 Å². The molecule has 0 aromatic heterocycles. The molecule has 7 heteroatoms. The van der Waals surface area contributed by atoms with Crippen LogP contribution in [0.1, 0.15) is 5.56 Å². The molecule has 2 fully saturated rings. The Bertz CT molecular complexity index is 657. The first-order valence-electron chi connectivity index (χ1n) is 7.87. The van der Waals surface area contributed by atoms with Crippen LogP contribution in [0.3, 0.4) is 0 Å². The zero-order chi connectivity index (χ0) is 16.9. The van der Waals surface area contributed by atoms with E-state index in [1.807, 2.05) is 30.3 Å². The van der Waals surface area contributed by atoms with E-state index in [4.69, 9.17) is 21.7 Å². The topological polar surface area (TPSA) is 42.0 Å². The summed E-state index contributed by atoms with van der Waals surface area (Å²) < 4.78 is 11.2. The fourth-order valence-corrected chi connectivity index (χ4v) is 3.95. The molecule has 0 N–H and O–H groups in total. The predicted molar refractivity (Wildman–Crippen MR) is 100 cm³/mol. The minimum atomic E-state index is -0.0129. The van der Waals surface area contributed by atoms with Gasteiger partial charge in [-0.1, -0.05) is 36.1 Å². The van der Waals surface area contributed by atoms with Gasteiger partial charge in [-0.25, -0.2) is 0 Å². The maximum atomic E-state index is 12.6. The van der Waals surface area contributed by atoms with Crippen molar-refractivity contribution < 1.29 is 14.3 Å². The summed E-state index contributed by atoms with van der Waals surface area (Å²) in [4.78, 5) is 17.3. The summed E-state index contributed by atoms with van der Waals surface area (Å²) in [5.74, 6) is 0.757. The molecule has 1 amide bonds. The largest absolute Gasteiger partial charge is 0.497 e. The van der Waals surface area contributed by atoms with Crippen LogP contribution in [-0.2, 0) is 9.53 Å². The summed E-state index contributed by atoms with van der Waals surface area (Å²) >= 11 is 6.75. The van der Waals surface area contributed by atoms with E-state index in [0.717, 1.165) is 44.2 Å². The van der Waals surface area contributed by atoms with Crippen molar-refractivity contribution in [3.05, 3.63) is 34.7 Å². The van der Waals surface area contributed by atoms with E-state index in [1.165, 1.54) is 11.8 Å². The number of benzene rings is 1. The maximum absolute atomic E-state index is 12.6. The Morgan fingerprint density at radius 2 is 2.12 bits per heavy atom. The Labute approximate surface area is 151 Å². The van der Waals surface area contributed by atoms with E-state index in [-0.39, 0.29) is 5.91 Å². The van der Waals surface area contributed by atoms with Crippen LogP contribution in [0.2, 0.25) is 0 Å². The van der Waals surface area contributed by atoms with E-state index in [9.17, 15) is 4.79 Å². The smallest absolute Gasteiger partial charge is 0.266 e. The van der Waals surface area contributed by atoms with Gasteiger partial charge in [0.05, 0.1) is 25.2 Å². The predicted octanol–water partition coefficient (Wildman–Crippen LogP) is 2.23. The third-order valence-electron chi connectivity index (χ3n) is 4.01. The summed E-state index contributed by atoms with van der Waals surface area (Å²) in [6.45, 7) is 4.79. The molecule has 1 aromatic carbocycles. The van der Waals surface area contributed by atoms with E-state index < -0.39 is 0 Å². The fraction of sp³-hybridized carbons (Fsp3) is 0.412. The van der Waals surface area contributed by atoms with Gasteiger partial charge < -0.3 is 9.47 Å². The lowest BCUT2D eigenvalue weighted by atomic mass is 10.2. The van der Waals surface area contributed by atoms with Gasteiger partial charge in [-0.15, -0.1) is 0 Å². The average Bonchev–Trinajstić information content (AvgIpc) is 2.87.